The number of para-hydroxylation sites is 1. The number of hydrogen-bond donors (Lipinski definition) is 3. The summed E-state index contributed by atoms with van der Waals surface area (Å²) in [5.41, 5.74) is -0.467. The molecule has 3 N–H and O–H groups in total. The van der Waals surface area contributed by atoms with E-state index in [0.29, 0.717) is 16.8 Å². The minimum atomic E-state index is -2.11. The van der Waals surface area contributed by atoms with E-state index in [1.807, 2.05) is 0 Å². The second kappa shape index (κ2) is 7.58. The fourth-order valence-corrected chi connectivity index (χ4v) is 4.95. The van der Waals surface area contributed by atoms with E-state index in [1.165, 1.54) is 0 Å². The van der Waals surface area contributed by atoms with Crippen molar-refractivity contribution in [1.82, 2.24) is 5.32 Å². The van der Waals surface area contributed by atoms with E-state index < -0.39 is 53.6 Å². The Bertz CT molecular complexity index is 1100. The first-order valence-corrected chi connectivity index (χ1v) is 10.4. The number of carboxylic acids is 2. The Balaban J connectivity index is 1.89. The van der Waals surface area contributed by atoms with Crippen molar-refractivity contribution in [2.45, 2.75) is 24.9 Å². The summed E-state index contributed by atoms with van der Waals surface area (Å²) >= 11 is 3.34. The third kappa shape index (κ3) is 3.24. The van der Waals surface area contributed by atoms with Crippen LogP contribution in [0.25, 0.3) is 0 Å². The highest BCUT2D eigenvalue weighted by atomic mass is 79.9. The maximum Gasteiger partial charge on any atom is 0.325 e. The number of carbonyl (C=O) groups is 4. The van der Waals surface area contributed by atoms with Gasteiger partial charge in [-0.1, -0.05) is 46.3 Å². The minimum absolute atomic E-state index is 0.371. The number of hydrogen-bond acceptors (Lipinski definition) is 5. The molecule has 2 amide bonds. The zero-order chi connectivity index (χ0) is 22.5. The van der Waals surface area contributed by atoms with E-state index in [2.05, 4.69) is 21.2 Å². The molecule has 4 rings (SSSR count). The molecule has 0 aliphatic carbocycles. The predicted molar refractivity (Wildman–Crippen MR) is 113 cm³/mol. The zero-order valence-electron chi connectivity index (χ0n) is 16.4. The van der Waals surface area contributed by atoms with Crippen LogP contribution >= 0.6 is 15.9 Å². The number of aliphatic carboxylic acids is 2. The summed E-state index contributed by atoms with van der Waals surface area (Å²) in [4.78, 5) is 52.0. The molecule has 2 aliphatic rings. The number of amides is 2. The van der Waals surface area contributed by atoms with Crippen LogP contribution in [0.5, 0.6) is 0 Å². The maximum absolute atomic E-state index is 13.5. The molecule has 2 heterocycles. The van der Waals surface area contributed by atoms with E-state index in [9.17, 15) is 29.4 Å². The quantitative estimate of drug-likeness (QED) is 0.554. The largest absolute Gasteiger partial charge is 0.481 e. The van der Waals surface area contributed by atoms with Gasteiger partial charge in [0.05, 0.1) is 23.9 Å². The Morgan fingerprint density at radius 1 is 1.06 bits per heavy atom. The summed E-state index contributed by atoms with van der Waals surface area (Å²) < 4.78 is 0.788. The van der Waals surface area contributed by atoms with E-state index in [4.69, 9.17) is 0 Å². The lowest BCUT2D eigenvalue weighted by molar-refractivity contribution is -0.154. The Hall–Kier alpha value is -3.04. The molecule has 2 saturated heterocycles. The highest BCUT2D eigenvalue weighted by Crippen LogP contribution is 2.51. The van der Waals surface area contributed by atoms with Gasteiger partial charge in [-0.3, -0.25) is 24.5 Å². The van der Waals surface area contributed by atoms with Crippen LogP contribution < -0.4 is 10.2 Å². The van der Waals surface area contributed by atoms with Crippen molar-refractivity contribution in [3.63, 3.8) is 0 Å². The van der Waals surface area contributed by atoms with Gasteiger partial charge in [-0.25, -0.2) is 4.90 Å². The number of halogens is 1. The van der Waals surface area contributed by atoms with Crippen LogP contribution in [0, 0.1) is 18.8 Å². The number of carbonyl (C=O) groups excluding carboxylic acids is 2. The summed E-state index contributed by atoms with van der Waals surface area (Å²) in [6.07, 6.45) is -0.836. The van der Waals surface area contributed by atoms with Crippen LogP contribution in [0.1, 0.15) is 23.6 Å². The smallest absolute Gasteiger partial charge is 0.325 e. The molecular weight excluding hydrogens is 468 g/mol. The van der Waals surface area contributed by atoms with Gasteiger partial charge in [0.1, 0.15) is 5.54 Å². The number of anilines is 1. The van der Waals surface area contributed by atoms with Crippen LogP contribution in [0.15, 0.2) is 53.0 Å². The fourth-order valence-electron chi connectivity index (χ4n) is 4.68. The Morgan fingerprint density at radius 2 is 1.71 bits per heavy atom. The lowest BCUT2D eigenvalue weighted by atomic mass is 9.77. The molecule has 8 nitrogen and oxygen atoms in total. The fraction of sp³-hybridized carbons (Fsp3) is 0.273. The minimum Gasteiger partial charge on any atom is -0.481 e. The van der Waals surface area contributed by atoms with Crippen molar-refractivity contribution in [3.05, 3.63) is 64.1 Å². The number of rotatable bonds is 5. The van der Waals surface area contributed by atoms with Crippen molar-refractivity contribution >= 4 is 45.4 Å². The van der Waals surface area contributed by atoms with Crippen molar-refractivity contribution in [2.24, 2.45) is 11.8 Å². The van der Waals surface area contributed by atoms with Gasteiger partial charge >= 0.3 is 11.9 Å². The first kappa shape index (κ1) is 21.2. The van der Waals surface area contributed by atoms with Crippen LogP contribution in [0.3, 0.4) is 0 Å². The van der Waals surface area contributed by atoms with E-state index in [-0.39, 0.29) is 0 Å². The van der Waals surface area contributed by atoms with Gasteiger partial charge in [-0.05, 0) is 36.2 Å². The number of nitrogens with zero attached hydrogens (tertiary/aromatic N) is 1. The molecule has 2 aromatic carbocycles. The molecule has 2 fully saturated rings. The number of fused-ring (bicyclic) bond motifs is 1. The lowest BCUT2D eigenvalue weighted by Gasteiger charge is -2.30. The summed E-state index contributed by atoms with van der Waals surface area (Å²) in [5.74, 6) is -6.51. The van der Waals surface area contributed by atoms with Crippen LogP contribution in [-0.2, 0) is 19.2 Å². The molecule has 0 radical (unpaired) electrons. The first-order valence-electron chi connectivity index (χ1n) is 9.59. The van der Waals surface area contributed by atoms with Crippen molar-refractivity contribution in [3.8, 4) is 0 Å². The molecule has 4 unspecified atom stereocenters. The van der Waals surface area contributed by atoms with Crippen molar-refractivity contribution in [2.75, 3.05) is 4.90 Å². The first-order chi connectivity index (χ1) is 14.7. The summed E-state index contributed by atoms with van der Waals surface area (Å²) in [5, 5.41) is 22.4. The Kier molecular flexibility index (Phi) is 5.18. The second-order valence-electron chi connectivity index (χ2n) is 7.82. The molecule has 0 aromatic heterocycles. The molecule has 4 atom stereocenters. The standard InChI is InChI=1S/C22H19BrN2O6/c1-11-4-2-3-5-14(11)25-19(28)16-17(20(25)29)22(21(30)31,10-15(26)27)24-18(16)12-6-8-13(23)9-7-12/h2-9,16-18,24H,10H2,1H3,(H,26,27)(H,30,31). The van der Waals surface area contributed by atoms with E-state index in [0.717, 1.165) is 9.37 Å². The highest BCUT2D eigenvalue weighted by molar-refractivity contribution is 9.10. The SMILES string of the molecule is Cc1ccccc1N1C(=O)C2C(c3ccc(Br)cc3)NC(CC(=O)O)(C(=O)O)C2C1=O. The molecule has 0 spiro atoms. The molecule has 0 bridgehead atoms. The molecule has 2 aliphatic heterocycles. The monoisotopic (exact) mass is 486 g/mol. The topological polar surface area (TPSA) is 124 Å². The van der Waals surface area contributed by atoms with Crippen LogP contribution in [0.4, 0.5) is 5.69 Å². The number of carboxylic acid groups (broad SMARTS) is 2. The van der Waals surface area contributed by atoms with Gasteiger partial charge in [-0.15, -0.1) is 0 Å². The number of benzene rings is 2. The van der Waals surface area contributed by atoms with E-state index in [1.54, 1.807) is 55.5 Å². The van der Waals surface area contributed by atoms with Crippen molar-refractivity contribution in [1.29, 1.82) is 0 Å². The third-order valence-corrected chi connectivity index (χ3v) is 6.58. The number of aryl methyl sites for hydroxylation is 1. The van der Waals surface area contributed by atoms with Gasteiger partial charge in [0.2, 0.25) is 11.8 Å². The molecule has 9 heteroatoms. The molecule has 2 aromatic rings. The average molecular weight is 487 g/mol. The summed E-state index contributed by atoms with van der Waals surface area (Å²) in [6, 6.07) is 12.9. The van der Waals surface area contributed by atoms with Crippen LogP contribution in [0.2, 0.25) is 0 Å². The predicted octanol–water partition coefficient (Wildman–Crippen LogP) is 2.51. The molecular formula is C22H19BrN2O6. The van der Waals surface area contributed by atoms with Gasteiger partial charge in [0.25, 0.3) is 0 Å². The van der Waals surface area contributed by atoms with E-state index >= 15 is 0 Å². The Labute approximate surface area is 186 Å². The second-order valence-corrected chi connectivity index (χ2v) is 8.74. The Morgan fingerprint density at radius 3 is 2.29 bits per heavy atom. The van der Waals surface area contributed by atoms with Gasteiger partial charge in [0, 0.05) is 10.5 Å². The summed E-state index contributed by atoms with van der Waals surface area (Å²) in [6.45, 7) is 1.75. The highest BCUT2D eigenvalue weighted by Gasteiger charge is 2.69. The normalized spacial score (nSPS) is 27.4. The third-order valence-electron chi connectivity index (χ3n) is 6.05. The lowest BCUT2D eigenvalue weighted by Crippen LogP contribution is -2.57. The van der Waals surface area contributed by atoms with Gasteiger partial charge < -0.3 is 10.2 Å². The van der Waals surface area contributed by atoms with Gasteiger partial charge in [-0.2, -0.15) is 0 Å². The molecule has 160 valence electrons. The molecule has 0 saturated carbocycles. The average Bonchev–Trinajstić information content (AvgIpc) is 3.18. The van der Waals surface area contributed by atoms with Gasteiger partial charge in [0.15, 0.2) is 0 Å². The van der Waals surface area contributed by atoms with Crippen LogP contribution in [-0.4, -0.2) is 39.5 Å². The maximum atomic E-state index is 13.5. The summed E-state index contributed by atoms with van der Waals surface area (Å²) in [7, 11) is 0. The zero-order valence-corrected chi connectivity index (χ0v) is 18.0. The number of imide groups is 1. The number of nitrogens with one attached hydrogen (secondary N) is 1. The molecule has 31 heavy (non-hydrogen) atoms. The van der Waals surface area contributed by atoms with Crippen molar-refractivity contribution < 1.29 is 29.4 Å².